The Labute approximate surface area is 182 Å². The molecule has 1 unspecified atom stereocenters. The SMILES string of the molecule is CC(Sc1nnc2c(Cl)cc(Cl)cn12)C(=O)Nc1ccccc1-c1ccccc1. The van der Waals surface area contributed by atoms with Crippen LogP contribution in [0, 0.1) is 0 Å². The Morgan fingerprint density at radius 1 is 1.07 bits per heavy atom. The third-order valence-corrected chi connectivity index (χ3v) is 5.86. The molecule has 0 bridgehead atoms. The van der Waals surface area contributed by atoms with Gasteiger partial charge in [0.15, 0.2) is 10.8 Å². The molecule has 0 saturated carbocycles. The summed E-state index contributed by atoms with van der Waals surface area (Å²) in [6.07, 6.45) is 1.68. The molecule has 0 radical (unpaired) electrons. The number of pyridine rings is 1. The van der Waals surface area contributed by atoms with Crippen molar-refractivity contribution in [3.8, 4) is 11.1 Å². The van der Waals surface area contributed by atoms with E-state index >= 15 is 0 Å². The number of benzene rings is 2. The largest absolute Gasteiger partial charge is 0.325 e. The van der Waals surface area contributed by atoms with Gasteiger partial charge in [0.1, 0.15) is 0 Å². The molecule has 29 heavy (non-hydrogen) atoms. The topological polar surface area (TPSA) is 59.3 Å². The Bertz CT molecular complexity index is 1180. The van der Waals surface area contributed by atoms with Crippen LogP contribution in [0.2, 0.25) is 10.0 Å². The average molecular weight is 443 g/mol. The van der Waals surface area contributed by atoms with E-state index in [1.54, 1.807) is 16.7 Å². The van der Waals surface area contributed by atoms with Gasteiger partial charge < -0.3 is 5.32 Å². The normalized spacial score (nSPS) is 12.1. The molecule has 0 fully saturated rings. The van der Waals surface area contributed by atoms with Crippen LogP contribution in [0.1, 0.15) is 6.92 Å². The highest BCUT2D eigenvalue weighted by molar-refractivity contribution is 8.00. The molecule has 1 amide bonds. The Hall–Kier alpha value is -2.54. The zero-order valence-corrected chi connectivity index (χ0v) is 17.7. The molecule has 0 spiro atoms. The van der Waals surface area contributed by atoms with Crippen LogP contribution < -0.4 is 5.32 Å². The van der Waals surface area contributed by atoms with Gasteiger partial charge in [-0.05, 0) is 24.6 Å². The summed E-state index contributed by atoms with van der Waals surface area (Å²) in [5.74, 6) is -0.136. The zero-order valence-electron chi connectivity index (χ0n) is 15.3. The van der Waals surface area contributed by atoms with Gasteiger partial charge in [-0.2, -0.15) is 0 Å². The number of hydrogen-bond acceptors (Lipinski definition) is 4. The van der Waals surface area contributed by atoms with Crippen molar-refractivity contribution in [3.63, 3.8) is 0 Å². The molecule has 2 heterocycles. The minimum atomic E-state index is -0.413. The molecular formula is C21H16Cl2N4OS. The second-order valence-corrected chi connectivity index (χ2v) is 8.49. The van der Waals surface area contributed by atoms with Crippen LogP contribution >= 0.6 is 35.0 Å². The van der Waals surface area contributed by atoms with Crippen LogP contribution in [-0.4, -0.2) is 25.8 Å². The second kappa shape index (κ2) is 8.45. The van der Waals surface area contributed by atoms with Gasteiger partial charge in [-0.3, -0.25) is 9.20 Å². The molecule has 0 aliphatic rings. The minimum Gasteiger partial charge on any atom is -0.325 e. The number of anilines is 1. The summed E-state index contributed by atoms with van der Waals surface area (Å²) in [6.45, 7) is 1.82. The Morgan fingerprint density at radius 2 is 1.79 bits per heavy atom. The number of amides is 1. The first-order chi connectivity index (χ1) is 14.0. The molecule has 146 valence electrons. The van der Waals surface area contributed by atoms with Gasteiger partial charge in [-0.1, -0.05) is 83.5 Å². The van der Waals surface area contributed by atoms with Crippen LogP contribution in [0.5, 0.6) is 0 Å². The maximum Gasteiger partial charge on any atom is 0.237 e. The lowest BCUT2D eigenvalue weighted by Crippen LogP contribution is -2.23. The molecule has 0 saturated heterocycles. The van der Waals surface area contributed by atoms with Crippen LogP contribution in [0.25, 0.3) is 16.8 Å². The number of nitrogens with one attached hydrogen (secondary N) is 1. The van der Waals surface area contributed by atoms with Crippen molar-refractivity contribution in [2.24, 2.45) is 0 Å². The fourth-order valence-electron chi connectivity index (χ4n) is 2.89. The number of aromatic nitrogens is 3. The van der Waals surface area contributed by atoms with E-state index in [0.29, 0.717) is 20.8 Å². The van der Waals surface area contributed by atoms with Crippen molar-refractivity contribution in [2.45, 2.75) is 17.3 Å². The Balaban J connectivity index is 1.55. The molecule has 2 aromatic heterocycles. The molecule has 4 rings (SSSR count). The number of fused-ring (bicyclic) bond motifs is 1. The molecule has 0 aliphatic carbocycles. The maximum absolute atomic E-state index is 12.9. The molecule has 5 nitrogen and oxygen atoms in total. The summed E-state index contributed by atoms with van der Waals surface area (Å²) in [5, 5.41) is 12.3. The number of carbonyl (C=O) groups excluding carboxylic acids is 1. The van der Waals surface area contributed by atoms with Crippen LogP contribution in [0.4, 0.5) is 5.69 Å². The summed E-state index contributed by atoms with van der Waals surface area (Å²) < 4.78 is 1.69. The number of rotatable bonds is 5. The second-order valence-electron chi connectivity index (χ2n) is 6.34. The summed E-state index contributed by atoms with van der Waals surface area (Å²) in [6, 6.07) is 19.3. The molecule has 1 N–H and O–H groups in total. The maximum atomic E-state index is 12.9. The number of halogens is 2. The van der Waals surface area contributed by atoms with Crippen LogP contribution in [-0.2, 0) is 4.79 Å². The average Bonchev–Trinajstić information content (AvgIpc) is 3.12. The van der Waals surface area contributed by atoms with Gasteiger partial charge in [0, 0.05) is 17.4 Å². The molecule has 1 atom stereocenters. The van der Waals surface area contributed by atoms with Crippen LogP contribution in [0.3, 0.4) is 0 Å². The number of hydrogen-bond donors (Lipinski definition) is 1. The number of carbonyl (C=O) groups is 1. The molecule has 8 heteroatoms. The van der Waals surface area contributed by atoms with Crippen molar-refractivity contribution in [1.29, 1.82) is 0 Å². The van der Waals surface area contributed by atoms with E-state index in [2.05, 4.69) is 15.5 Å². The minimum absolute atomic E-state index is 0.136. The highest BCUT2D eigenvalue weighted by Crippen LogP contribution is 2.30. The lowest BCUT2D eigenvalue weighted by molar-refractivity contribution is -0.115. The van der Waals surface area contributed by atoms with Gasteiger partial charge in [-0.15, -0.1) is 10.2 Å². The smallest absolute Gasteiger partial charge is 0.237 e. The third kappa shape index (κ3) is 4.24. The van der Waals surface area contributed by atoms with Gasteiger partial charge in [0.05, 0.1) is 15.3 Å². The van der Waals surface area contributed by atoms with Gasteiger partial charge in [-0.25, -0.2) is 0 Å². The van der Waals surface area contributed by atoms with Crippen molar-refractivity contribution in [2.75, 3.05) is 5.32 Å². The van der Waals surface area contributed by atoms with E-state index in [-0.39, 0.29) is 5.91 Å². The van der Waals surface area contributed by atoms with Crippen molar-refractivity contribution >= 4 is 52.2 Å². The summed E-state index contributed by atoms with van der Waals surface area (Å²) in [7, 11) is 0. The fraction of sp³-hybridized carbons (Fsp3) is 0.0952. The third-order valence-electron chi connectivity index (χ3n) is 4.32. The number of nitrogens with zero attached hydrogens (tertiary/aromatic N) is 3. The van der Waals surface area contributed by atoms with E-state index in [9.17, 15) is 4.79 Å². The summed E-state index contributed by atoms with van der Waals surface area (Å²) in [5.41, 5.74) is 3.26. The first kappa shape index (κ1) is 19.8. The lowest BCUT2D eigenvalue weighted by atomic mass is 10.0. The quantitative estimate of drug-likeness (QED) is 0.395. The fourth-order valence-corrected chi connectivity index (χ4v) is 4.22. The van der Waals surface area contributed by atoms with E-state index < -0.39 is 5.25 Å². The first-order valence-corrected chi connectivity index (χ1v) is 10.5. The Kier molecular flexibility index (Phi) is 5.76. The highest BCUT2D eigenvalue weighted by atomic mass is 35.5. The molecule has 4 aromatic rings. The van der Waals surface area contributed by atoms with E-state index in [0.717, 1.165) is 16.8 Å². The van der Waals surface area contributed by atoms with E-state index in [1.807, 2.05) is 61.5 Å². The van der Waals surface area contributed by atoms with E-state index in [1.165, 1.54) is 11.8 Å². The summed E-state index contributed by atoms with van der Waals surface area (Å²) >= 11 is 13.5. The van der Waals surface area contributed by atoms with Gasteiger partial charge in [0.2, 0.25) is 5.91 Å². The zero-order chi connectivity index (χ0) is 20.4. The molecule has 2 aromatic carbocycles. The van der Waals surface area contributed by atoms with Gasteiger partial charge in [0.25, 0.3) is 0 Å². The monoisotopic (exact) mass is 442 g/mol. The molecular weight excluding hydrogens is 427 g/mol. The number of thioether (sulfide) groups is 1. The summed E-state index contributed by atoms with van der Waals surface area (Å²) in [4.78, 5) is 12.9. The first-order valence-electron chi connectivity index (χ1n) is 8.84. The predicted molar refractivity (Wildman–Crippen MR) is 119 cm³/mol. The van der Waals surface area contributed by atoms with Crippen molar-refractivity contribution in [1.82, 2.24) is 14.6 Å². The van der Waals surface area contributed by atoms with Crippen molar-refractivity contribution < 1.29 is 4.79 Å². The highest BCUT2D eigenvalue weighted by Gasteiger charge is 2.20. The van der Waals surface area contributed by atoms with E-state index in [4.69, 9.17) is 23.2 Å². The predicted octanol–water partition coefficient (Wildman–Crippen LogP) is 5.82. The van der Waals surface area contributed by atoms with Gasteiger partial charge >= 0.3 is 0 Å². The number of para-hydroxylation sites is 1. The van der Waals surface area contributed by atoms with Crippen LogP contribution in [0.15, 0.2) is 72.0 Å². The standard InChI is InChI=1S/C21H16Cl2N4OS/c1-13(29-21-26-25-19-17(23)11-15(22)12-27(19)21)20(28)24-18-10-6-5-9-16(18)14-7-3-2-4-8-14/h2-13H,1H3,(H,24,28). The van der Waals surface area contributed by atoms with Crippen molar-refractivity contribution in [3.05, 3.63) is 76.9 Å². The molecule has 0 aliphatic heterocycles. The Morgan fingerprint density at radius 3 is 2.59 bits per heavy atom. The lowest BCUT2D eigenvalue weighted by Gasteiger charge is -2.14.